The molecule has 1 saturated heterocycles. The van der Waals surface area contributed by atoms with E-state index in [1.54, 1.807) is 0 Å². The van der Waals surface area contributed by atoms with E-state index in [2.05, 4.69) is 31.5 Å². The van der Waals surface area contributed by atoms with Gasteiger partial charge in [-0.15, -0.1) is 5.10 Å². The maximum Gasteiger partial charge on any atom is 0.182 e. The molecule has 1 aromatic carbocycles. The molecule has 1 aliphatic heterocycles. The van der Waals surface area contributed by atoms with Crippen LogP contribution < -0.4 is 5.73 Å². The van der Waals surface area contributed by atoms with E-state index in [1.807, 2.05) is 22.9 Å². The average Bonchev–Trinajstić information content (AvgIpc) is 3.05. The third kappa shape index (κ3) is 2.62. The van der Waals surface area contributed by atoms with E-state index < -0.39 is 0 Å². The van der Waals surface area contributed by atoms with Crippen molar-refractivity contribution in [1.29, 1.82) is 0 Å². The van der Waals surface area contributed by atoms with Crippen molar-refractivity contribution >= 4 is 21.6 Å². The molecule has 100 valence electrons. The molecule has 0 saturated carbocycles. The van der Waals surface area contributed by atoms with Gasteiger partial charge >= 0.3 is 0 Å². The molecule has 2 heterocycles. The van der Waals surface area contributed by atoms with E-state index in [0.717, 1.165) is 42.0 Å². The van der Waals surface area contributed by atoms with Crippen molar-refractivity contribution in [3.8, 4) is 11.4 Å². The topological polar surface area (TPSA) is 78.9 Å². The van der Waals surface area contributed by atoms with Crippen LogP contribution in [0, 0.1) is 5.92 Å². The summed E-state index contributed by atoms with van der Waals surface area (Å²) >= 11 is 3.38. The van der Waals surface area contributed by atoms with Crippen LogP contribution in [0.1, 0.15) is 6.42 Å². The monoisotopic (exact) mass is 323 g/mol. The van der Waals surface area contributed by atoms with Crippen LogP contribution in [0.15, 0.2) is 22.7 Å². The highest BCUT2D eigenvalue weighted by molar-refractivity contribution is 9.10. The Bertz CT molecular complexity index is 579. The number of tetrazole rings is 1. The van der Waals surface area contributed by atoms with Gasteiger partial charge in [0.1, 0.15) is 0 Å². The summed E-state index contributed by atoms with van der Waals surface area (Å²) in [6.07, 6.45) is 1.06. The quantitative estimate of drug-likeness (QED) is 0.870. The zero-order chi connectivity index (χ0) is 13.2. The molecule has 7 heteroatoms. The third-order valence-electron chi connectivity index (χ3n) is 3.24. The number of halogens is 1. The fourth-order valence-corrected chi connectivity index (χ4v) is 2.44. The average molecular weight is 324 g/mol. The summed E-state index contributed by atoms with van der Waals surface area (Å²) < 4.78 is 8.07. The Morgan fingerprint density at radius 1 is 1.47 bits per heavy atom. The number of nitrogens with two attached hydrogens (primary N) is 1. The summed E-state index contributed by atoms with van der Waals surface area (Å²) in [7, 11) is 0. The highest BCUT2D eigenvalue weighted by Gasteiger charge is 2.19. The molecular weight excluding hydrogens is 310 g/mol. The van der Waals surface area contributed by atoms with Crippen LogP contribution in [0.25, 0.3) is 11.4 Å². The largest absolute Gasteiger partial charge is 0.398 e. The number of hydrogen-bond acceptors (Lipinski definition) is 5. The lowest BCUT2D eigenvalue weighted by atomic mass is 10.1. The summed E-state index contributed by atoms with van der Waals surface area (Å²) in [6, 6.07) is 5.73. The van der Waals surface area contributed by atoms with Crippen molar-refractivity contribution < 1.29 is 4.74 Å². The van der Waals surface area contributed by atoms with Gasteiger partial charge in [-0.1, -0.05) is 0 Å². The Kier molecular flexibility index (Phi) is 3.48. The van der Waals surface area contributed by atoms with E-state index in [-0.39, 0.29) is 0 Å². The predicted molar refractivity (Wildman–Crippen MR) is 74.3 cm³/mol. The standard InChI is InChI=1S/C12H14BrN5O/c13-10-2-1-9(5-11(10)14)12-15-16-17-18(12)6-8-3-4-19-7-8/h1-2,5,8H,3-4,6-7,14H2. The lowest BCUT2D eigenvalue weighted by molar-refractivity contribution is 0.181. The van der Waals surface area contributed by atoms with Gasteiger partial charge in [0, 0.05) is 28.2 Å². The molecular formula is C12H14BrN5O. The molecule has 1 unspecified atom stereocenters. The fourth-order valence-electron chi connectivity index (χ4n) is 2.19. The summed E-state index contributed by atoms with van der Waals surface area (Å²) in [5, 5.41) is 11.9. The number of nitrogen functional groups attached to an aromatic ring is 1. The first-order valence-electron chi connectivity index (χ1n) is 6.13. The SMILES string of the molecule is Nc1cc(-c2nnnn2CC2CCOC2)ccc1Br. The zero-order valence-corrected chi connectivity index (χ0v) is 11.9. The van der Waals surface area contributed by atoms with Gasteiger partial charge < -0.3 is 10.5 Å². The second-order valence-electron chi connectivity index (χ2n) is 4.65. The lowest BCUT2D eigenvalue weighted by Crippen LogP contribution is -2.13. The second kappa shape index (κ2) is 5.26. The molecule has 1 aliphatic rings. The van der Waals surface area contributed by atoms with E-state index in [9.17, 15) is 0 Å². The molecule has 2 aromatic rings. The minimum absolute atomic E-state index is 0.482. The second-order valence-corrected chi connectivity index (χ2v) is 5.50. The van der Waals surface area contributed by atoms with Crippen molar-refractivity contribution in [2.24, 2.45) is 5.92 Å². The molecule has 0 radical (unpaired) electrons. The van der Waals surface area contributed by atoms with E-state index in [1.165, 1.54) is 0 Å². The first-order valence-corrected chi connectivity index (χ1v) is 6.92. The Labute approximate surface area is 119 Å². The van der Waals surface area contributed by atoms with E-state index in [4.69, 9.17) is 10.5 Å². The number of aromatic nitrogens is 4. The van der Waals surface area contributed by atoms with Gasteiger partial charge in [0.2, 0.25) is 0 Å². The number of hydrogen-bond donors (Lipinski definition) is 1. The van der Waals surface area contributed by atoms with Gasteiger partial charge in [-0.25, -0.2) is 4.68 Å². The Morgan fingerprint density at radius 2 is 2.37 bits per heavy atom. The van der Waals surface area contributed by atoms with Crippen LogP contribution in [0.4, 0.5) is 5.69 Å². The Hall–Kier alpha value is -1.47. The molecule has 1 fully saturated rings. The predicted octanol–water partition coefficient (Wildman–Crippen LogP) is 1.72. The third-order valence-corrected chi connectivity index (χ3v) is 3.96. The van der Waals surface area contributed by atoms with Gasteiger partial charge in [0.15, 0.2) is 5.82 Å². The molecule has 1 aromatic heterocycles. The molecule has 0 spiro atoms. The van der Waals surface area contributed by atoms with Crippen molar-refractivity contribution in [2.75, 3.05) is 18.9 Å². The maximum atomic E-state index is 5.90. The van der Waals surface area contributed by atoms with Crippen molar-refractivity contribution in [2.45, 2.75) is 13.0 Å². The number of ether oxygens (including phenoxy) is 1. The highest BCUT2D eigenvalue weighted by atomic mass is 79.9. The van der Waals surface area contributed by atoms with Crippen LogP contribution in [0.5, 0.6) is 0 Å². The fraction of sp³-hybridized carbons (Fsp3) is 0.417. The van der Waals surface area contributed by atoms with Crippen LogP contribution in [-0.4, -0.2) is 33.4 Å². The Morgan fingerprint density at radius 3 is 3.11 bits per heavy atom. The summed E-state index contributed by atoms with van der Waals surface area (Å²) in [5.41, 5.74) is 7.49. The summed E-state index contributed by atoms with van der Waals surface area (Å²) in [5.74, 6) is 1.22. The van der Waals surface area contributed by atoms with Crippen LogP contribution in [0.2, 0.25) is 0 Å². The molecule has 0 bridgehead atoms. The number of benzene rings is 1. The van der Waals surface area contributed by atoms with Gasteiger partial charge in [0.25, 0.3) is 0 Å². The van der Waals surface area contributed by atoms with Crippen LogP contribution >= 0.6 is 15.9 Å². The van der Waals surface area contributed by atoms with E-state index in [0.29, 0.717) is 11.6 Å². The van der Waals surface area contributed by atoms with Crippen LogP contribution in [-0.2, 0) is 11.3 Å². The number of nitrogens with zero attached hydrogens (tertiary/aromatic N) is 4. The number of rotatable bonds is 3. The van der Waals surface area contributed by atoms with Gasteiger partial charge in [0.05, 0.1) is 13.2 Å². The highest BCUT2D eigenvalue weighted by Crippen LogP contribution is 2.26. The molecule has 2 N–H and O–H groups in total. The van der Waals surface area contributed by atoms with Crippen molar-refractivity contribution in [1.82, 2.24) is 20.2 Å². The number of anilines is 1. The van der Waals surface area contributed by atoms with Gasteiger partial charge in [-0.2, -0.15) is 0 Å². The van der Waals surface area contributed by atoms with Gasteiger partial charge in [-0.05, 0) is 51.0 Å². The molecule has 1 atom stereocenters. The van der Waals surface area contributed by atoms with Crippen molar-refractivity contribution in [3.05, 3.63) is 22.7 Å². The molecule has 0 aliphatic carbocycles. The van der Waals surface area contributed by atoms with Crippen LogP contribution in [0.3, 0.4) is 0 Å². The Balaban J connectivity index is 1.87. The molecule has 3 rings (SSSR count). The van der Waals surface area contributed by atoms with Crippen molar-refractivity contribution in [3.63, 3.8) is 0 Å². The normalized spacial score (nSPS) is 18.9. The molecule has 6 nitrogen and oxygen atoms in total. The minimum atomic E-state index is 0.482. The zero-order valence-electron chi connectivity index (χ0n) is 10.3. The smallest absolute Gasteiger partial charge is 0.182 e. The molecule has 19 heavy (non-hydrogen) atoms. The van der Waals surface area contributed by atoms with Gasteiger partial charge in [-0.3, -0.25) is 0 Å². The van der Waals surface area contributed by atoms with E-state index >= 15 is 0 Å². The maximum absolute atomic E-state index is 5.90. The lowest BCUT2D eigenvalue weighted by Gasteiger charge is -2.09. The first kappa shape index (κ1) is 12.6. The summed E-state index contributed by atoms with van der Waals surface area (Å²) in [4.78, 5) is 0. The first-order chi connectivity index (χ1) is 9.24. The minimum Gasteiger partial charge on any atom is -0.398 e. The molecule has 0 amide bonds. The summed E-state index contributed by atoms with van der Waals surface area (Å²) in [6.45, 7) is 2.38.